The van der Waals surface area contributed by atoms with Crippen molar-refractivity contribution in [1.29, 1.82) is 0 Å². The van der Waals surface area contributed by atoms with Crippen LogP contribution < -0.4 is 10.9 Å². The highest BCUT2D eigenvalue weighted by Crippen LogP contribution is 2.22. The van der Waals surface area contributed by atoms with Crippen LogP contribution in [0.4, 0.5) is 5.13 Å². The summed E-state index contributed by atoms with van der Waals surface area (Å²) in [7, 11) is 0. The van der Waals surface area contributed by atoms with Gasteiger partial charge in [0.05, 0.1) is 5.56 Å². The van der Waals surface area contributed by atoms with Crippen molar-refractivity contribution in [2.45, 2.75) is 0 Å². The van der Waals surface area contributed by atoms with E-state index in [1.54, 1.807) is 48.0 Å². The van der Waals surface area contributed by atoms with E-state index in [2.05, 4.69) is 10.3 Å². The predicted molar refractivity (Wildman–Crippen MR) is 98.0 cm³/mol. The second-order valence-corrected chi connectivity index (χ2v) is 6.25. The molecule has 0 aliphatic heterocycles. The quantitative estimate of drug-likeness (QED) is 0.564. The van der Waals surface area contributed by atoms with Crippen molar-refractivity contribution in [3.05, 3.63) is 82.2 Å². The molecule has 0 atom stereocenters. The molecule has 2 aromatic carbocycles. The number of hydrogen-bond acceptors (Lipinski definition) is 5. The number of hydrogen-bond donors (Lipinski definition) is 1. The number of nitrogens with one attached hydrogen (secondary N) is 1. The molecule has 0 unspecified atom stereocenters. The number of carbonyl (C=O) groups is 1. The summed E-state index contributed by atoms with van der Waals surface area (Å²) in [4.78, 5) is 28.7. The van der Waals surface area contributed by atoms with E-state index in [0.717, 1.165) is 5.39 Å². The number of benzene rings is 2. The van der Waals surface area contributed by atoms with E-state index >= 15 is 0 Å². The summed E-state index contributed by atoms with van der Waals surface area (Å²) in [6.45, 7) is 0. The number of nitrogens with zero attached hydrogens (tertiary/aromatic N) is 1. The van der Waals surface area contributed by atoms with Crippen molar-refractivity contribution >= 4 is 33.3 Å². The minimum absolute atomic E-state index is 0.276. The molecule has 2 heterocycles. The van der Waals surface area contributed by atoms with Gasteiger partial charge < -0.3 is 4.42 Å². The van der Waals surface area contributed by atoms with Crippen LogP contribution in [0.25, 0.3) is 22.1 Å². The van der Waals surface area contributed by atoms with Crippen LogP contribution in [-0.4, -0.2) is 10.9 Å². The van der Waals surface area contributed by atoms with E-state index in [9.17, 15) is 9.59 Å². The Hall–Kier alpha value is -3.25. The van der Waals surface area contributed by atoms with Gasteiger partial charge in [0.15, 0.2) is 5.13 Å². The number of fused-ring (bicyclic) bond motifs is 1. The highest BCUT2D eigenvalue weighted by Gasteiger charge is 2.12. The standard InChI is InChI=1S/C19H12N2O3S/c22-17(21-19-20-8-9-25-19)14-6-3-5-12(10-14)15-11-13-4-1-2-7-16(13)24-18(15)23/h1-11H,(H,20,21,22). The molecule has 0 saturated carbocycles. The molecule has 0 saturated heterocycles. The van der Waals surface area contributed by atoms with Gasteiger partial charge in [-0.2, -0.15) is 0 Å². The number of thiazole rings is 1. The van der Waals surface area contributed by atoms with Gasteiger partial charge in [-0.3, -0.25) is 10.1 Å². The Bertz CT molecular complexity index is 1120. The smallest absolute Gasteiger partial charge is 0.344 e. The fraction of sp³-hybridized carbons (Fsp3) is 0. The van der Waals surface area contributed by atoms with Gasteiger partial charge in [0.25, 0.3) is 5.91 Å². The third kappa shape index (κ3) is 3.07. The normalized spacial score (nSPS) is 10.7. The van der Waals surface area contributed by atoms with Crippen LogP contribution in [-0.2, 0) is 0 Å². The molecule has 2 aromatic heterocycles. The summed E-state index contributed by atoms with van der Waals surface area (Å²) in [5.74, 6) is -0.276. The second kappa shape index (κ2) is 6.33. The average Bonchev–Trinajstić information content (AvgIpc) is 3.14. The Morgan fingerprint density at radius 1 is 1.08 bits per heavy atom. The summed E-state index contributed by atoms with van der Waals surface area (Å²) in [5.41, 5.74) is 1.60. The molecule has 25 heavy (non-hydrogen) atoms. The molecule has 6 heteroatoms. The molecule has 0 spiro atoms. The van der Waals surface area contributed by atoms with Gasteiger partial charge >= 0.3 is 5.63 Å². The van der Waals surface area contributed by atoms with Crippen LogP contribution >= 0.6 is 11.3 Å². The average molecular weight is 348 g/mol. The van der Waals surface area contributed by atoms with Crippen LogP contribution in [0.3, 0.4) is 0 Å². The molecule has 0 fully saturated rings. The topological polar surface area (TPSA) is 72.2 Å². The van der Waals surface area contributed by atoms with Crippen LogP contribution in [0.5, 0.6) is 0 Å². The van der Waals surface area contributed by atoms with Crippen LogP contribution in [0.15, 0.2) is 75.4 Å². The first kappa shape index (κ1) is 15.3. The summed E-state index contributed by atoms with van der Waals surface area (Å²) in [6.07, 6.45) is 1.62. The lowest BCUT2D eigenvalue weighted by Crippen LogP contribution is -2.12. The van der Waals surface area contributed by atoms with Crippen molar-refractivity contribution in [3.63, 3.8) is 0 Å². The fourth-order valence-electron chi connectivity index (χ4n) is 2.55. The van der Waals surface area contributed by atoms with E-state index < -0.39 is 5.63 Å². The lowest BCUT2D eigenvalue weighted by molar-refractivity contribution is 0.102. The zero-order valence-corrected chi connectivity index (χ0v) is 13.7. The minimum Gasteiger partial charge on any atom is -0.422 e. The highest BCUT2D eigenvalue weighted by molar-refractivity contribution is 7.13. The molecule has 0 aliphatic rings. The van der Waals surface area contributed by atoms with Crippen molar-refractivity contribution in [1.82, 2.24) is 4.98 Å². The second-order valence-electron chi connectivity index (χ2n) is 5.36. The number of para-hydroxylation sites is 1. The number of rotatable bonds is 3. The van der Waals surface area contributed by atoms with Crippen LogP contribution in [0.2, 0.25) is 0 Å². The van der Waals surface area contributed by atoms with Gasteiger partial charge in [0.1, 0.15) is 5.58 Å². The Morgan fingerprint density at radius 2 is 1.96 bits per heavy atom. The van der Waals surface area contributed by atoms with Crippen LogP contribution in [0.1, 0.15) is 10.4 Å². The molecular formula is C19H12N2O3S. The number of carbonyl (C=O) groups excluding carboxylic acids is 1. The lowest BCUT2D eigenvalue weighted by Gasteiger charge is -2.06. The molecule has 1 N–H and O–H groups in total. The molecular weight excluding hydrogens is 336 g/mol. The summed E-state index contributed by atoms with van der Waals surface area (Å²) in [6, 6.07) is 16.0. The maximum absolute atomic E-state index is 12.3. The van der Waals surface area contributed by atoms with Gasteiger partial charge in [0, 0.05) is 22.5 Å². The Balaban J connectivity index is 1.73. The summed E-state index contributed by atoms with van der Waals surface area (Å²) in [5, 5.41) is 5.87. The molecule has 0 radical (unpaired) electrons. The van der Waals surface area contributed by atoms with Crippen molar-refractivity contribution in [2.24, 2.45) is 0 Å². The zero-order valence-electron chi connectivity index (χ0n) is 12.9. The summed E-state index contributed by atoms with van der Waals surface area (Å²) < 4.78 is 5.37. The third-order valence-electron chi connectivity index (χ3n) is 3.73. The Kier molecular flexibility index (Phi) is 3.87. The van der Waals surface area contributed by atoms with E-state index in [0.29, 0.717) is 27.4 Å². The molecule has 122 valence electrons. The number of anilines is 1. The van der Waals surface area contributed by atoms with Crippen molar-refractivity contribution in [2.75, 3.05) is 5.32 Å². The van der Waals surface area contributed by atoms with Crippen LogP contribution in [0, 0.1) is 0 Å². The van der Waals surface area contributed by atoms with Gasteiger partial charge in [-0.1, -0.05) is 30.3 Å². The van der Waals surface area contributed by atoms with Gasteiger partial charge in [0.2, 0.25) is 0 Å². The SMILES string of the molecule is O=C(Nc1nccs1)c1cccc(-c2cc3ccccc3oc2=O)c1. The minimum atomic E-state index is -0.434. The molecule has 0 bridgehead atoms. The fourth-order valence-corrected chi connectivity index (χ4v) is 3.07. The largest absolute Gasteiger partial charge is 0.422 e. The molecule has 1 amide bonds. The van der Waals surface area contributed by atoms with Gasteiger partial charge in [-0.05, 0) is 29.8 Å². The van der Waals surface area contributed by atoms with E-state index in [1.165, 1.54) is 11.3 Å². The van der Waals surface area contributed by atoms with Gasteiger partial charge in [-0.25, -0.2) is 9.78 Å². The molecule has 0 aliphatic carbocycles. The maximum Gasteiger partial charge on any atom is 0.344 e. The van der Waals surface area contributed by atoms with E-state index in [1.807, 2.05) is 18.2 Å². The zero-order chi connectivity index (χ0) is 17.2. The predicted octanol–water partition coefficient (Wildman–Crippen LogP) is 4.17. The first-order valence-electron chi connectivity index (χ1n) is 7.55. The van der Waals surface area contributed by atoms with Gasteiger partial charge in [-0.15, -0.1) is 11.3 Å². The van der Waals surface area contributed by atoms with Crippen molar-refractivity contribution in [3.8, 4) is 11.1 Å². The highest BCUT2D eigenvalue weighted by atomic mass is 32.1. The third-order valence-corrected chi connectivity index (χ3v) is 4.42. The Morgan fingerprint density at radius 3 is 2.80 bits per heavy atom. The Labute approximate surface area is 146 Å². The summed E-state index contributed by atoms with van der Waals surface area (Å²) >= 11 is 1.34. The number of amides is 1. The molecule has 4 rings (SSSR count). The molecule has 5 nitrogen and oxygen atoms in total. The van der Waals surface area contributed by atoms with E-state index in [4.69, 9.17) is 4.42 Å². The van der Waals surface area contributed by atoms with Crippen molar-refractivity contribution < 1.29 is 9.21 Å². The molecule has 4 aromatic rings. The first-order valence-corrected chi connectivity index (χ1v) is 8.43. The first-order chi connectivity index (χ1) is 12.2. The van der Waals surface area contributed by atoms with E-state index in [-0.39, 0.29) is 5.91 Å². The lowest BCUT2D eigenvalue weighted by atomic mass is 10.0. The maximum atomic E-state index is 12.3. The monoisotopic (exact) mass is 348 g/mol. The number of aromatic nitrogens is 1.